The Balaban J connectivity index is 1.81. The molecule has 0 aliphatic heterocycles. The molecule has 0 spiro atoms. The van der Waals surface area contributed by atoms with Crippen LogP contribution in [0.1, 0.15) is 18.1 Å². The average molecular weight is 439 g/mol. The zero-order chi connectivity index (χ0) is 23.3. The number of aromatic hydroxyl groups is 2. The van der Waals surface area contributed by atoms with E-state index in [0.29, 0.717) is 5.56 Å². The maximum absolute atomic E-state index is 13.0. The van der Waals surface area contributed by atoms with Crippen LogP contribution in [0.5, 0.6) is 11.5 Å². The molecule has 0 aliphatic rings. The van der Waals surface area contributed by atoms with Crippen molar-refractivity contribution < 1.29 is 29.3 Å². The standard InChI is InChI=1S/C23H25N3O6/c1-13(27)25-20(10-15-12-24-19-8-7-17(29)11-18(15)19)22(30)26-21(23(31)32-2)9-14-3-5-16(28)6-4-14/h3-8,11-12,20-21,24,28-29H,9-10H2,1-2H3,(H,25,27)(H,26,30)/t20-,21-/m0/s1. The van der Waals surface area contributed by atoms with Crippen molar-refractivity contribution in [3.8, 4) is 11.5 Å². The van der Waals surface area contributed by atoms with E-state index in [1.54, 1.807) is 36.5 Å². The average Bonchev–Trinajstić information content (AvgIpc) is 3.15. The molecule has 5 N–H and O–H groups in total. The van der Waals surface area contributed by atoms with Gasteiger partial charge in [0.15, 0.2) is 0 Å². The Morgan fingerprint density at radius 1 is 0.969 bits per heavy atom. The Labute approximate surface area is 184 Å². The highest BCUT2D eigenvalue weighted by Gasteiger charge is 2.28. The van der Waals surface area contributed by atoms with Crippen LogP contribution >= 0.6 is 0 Å². The molecule has 2 aromatic carbocycles. The number of amides is 2. The highest BCUT2D eigenvalue weighted by atomic mass is 16.5. The Morgan fingerprint density at radius 3 is 2.31 bits per heavy atom. The van der Waals surface area contributed by atoms with Gasteiger partial charge in [0.1, 0.15) is 23.6 Å². The van der Waals surface area contributed by atoms with Gasteiger partial charge in [0.25, 0.3) is 0 Å². The number of benzene rings is 2. The van der Waals surface area contributed by atoms with Crippen molar-refractivity contribution in [2.24, 2.45) is 0 Å². The normalized spacial score (nSPS) is 12.7. The summed E-state index contributed by atoms with van der Waals surface area (Å²) in [5.74, 6) is -1.42. The quantitative estimate of drug-likeness (QED) is 0.337. The summed E-state index contributed by atoms with van der Waals surface area (Å²) in [6.07, 6.45) is 1.99. The summed E-state index contributed by atoms with van der Waals surface area (Å²) in [4.78, 5) is 40.2. The number of methoxy groups -OCH3 is 1. The van der Waals surface area contributed by atoms with Crippen molar-refractivity contribution in [3.05, 3.63) is 59.8 Å². The molecule has 0 saturated heterocycles. The molecule has 32 heavy (non-hydrogen) atoms. The zero-order valence-electron chi connectivity index (χ0n) is 17.7. The third-order valence-electron chi connectivity index (χ3n) is 5.05. The predicted octanol–water partition coefficient (Wildman–Crippen LogP) is 1.53. The second kappa shape index (κ2) is 9.86. The van der Waals surface area contributed by atoms with Crippen LogP contribution < -0.4 is 10.6 Å². The monoisotopic (exact) mass is 439 g/mol. The molecule has 9 nitrogen and oxygen atoms in total. The lowest BCUT2D eigenvalue weighted by atomic mass is 10.0. The number of rotatable bonds is 8. The first-order valence-corrected chi connectivity index (χ1v) is 9.99. The van der Waals surface area contributed by atoms with Crippen LogP contribution in [-0.2, 0) is 32.0 Å². The highest BCUT2D eigenvalue weighted by molar-refractivity contribution is 5.92. The number of nitrogens with one attached hydrogen (secondary N) is 3. The fourth-order valence-electron chi connectivity index (χ4n) is 3.49. The van der Waals surface area contributed by atoms with Gasteiger partial charge >= 0.3 is 5.97 Å². The second-order valence-corrected chi connectivity index (χ2v) is 7.46. The van der Waals surface area contributed by atoms with Crippen molar-refractivity contribution in [1.82, 2.24) is 15.6 Å². The van der Waals surface area contributed by atoms with Crippen LogP contribution in [0.25, 0.3) is 10.9 Å². The first kappa shape index (κ1) is 22.7. The number of esters is 1. The van der Waals surface area contributed by atoms with Crippen molar-refractivity contribution in [2.75, 3.05) is 7.11 Å². The number of fused-ring (bicyclic) bond motifs is 1. The fraction of sp³-hybridized carbons (Fsp3) is 0.261. The largest absolute Gasteiger partial charge is 0.508 e. The third-order valence-corrected chi connectivity index (χ3v) is 5.05. The van der Waals surface area contributed by atoms with E-state index in [1.165, 1.54) is 26.2 Å². The van der Waals surface area contributed by atoms with E-state index >= 15 is 0 Å². The summed E-state index contributed by atoms with van der Waals surface area (Å²) in [5, 5.41) is 25.2. The molecule has 3 aromatic rings. The van der Waals surface area contributed by atoms with E-state index in [9.17, 15) is 24.6 Å². The number of hydrogen-bond donors (Lipinski definition) is 5. The van der Waals surface area contributed by atoms with Crippen LogP contribution in [0.15, 0.2) is 48.7 Å². The molecular formula is C23H25N3O6. The molecule has 0 aliphatic carbocycles. The maximum Gasteiger partial charge on any atom is 0.328 e. The molecule has 1 heterocycles. The lowest BCUT2D eigenvalue weighted by molar-refractivity contribution is -0.145. The number of phenolic OH excluding ortho intramolecular Hbond substituents is 2. The second-order valence-electron chi connectivity index (χ2n) is 7.46. The number of aromatic amines is 1. The molecule has 2 atom stereocenters. The smallest absolute Gasteiger partial charge is 0.328 e. The van der Waals surface area contributed by atoms with Crippen LogP contribution in [0.3, 0.4) is 0 Å². The number of ether oxygens (including phenoxy) is 1. The molecule has 9 heteroatoms. The number of H-pyrrole nitrogens is 1. The van der Waals surface area contributed by atoms with Gasteiger partial charge in [-0.15, -0.1) is 0 Å². The minimum atomic E-state index is -0.986. The van der Waals surface area contributed by atoms with Crippen LogP contribution in [0.2, 0.25) is 0 Å². The highest BCUT2D eigenvalue weighted by Crippen LogP contribution is 2.24. The first-order chi connectivity index (χ1) is 15.3. The first-order valence-electron chi connectivity index (χ1n) is 9.99. The van der Waals surface area contributed by atoms with E-state index in [-0.39, 0.29) is 24.3 Å². The summed E-state index contributed by atoms with van der Waals surface area (Å²) in [6, 6.07) is 9.14. The zero-order valence-corrected chi connectivity index (χ0v) is 17.7. The molecule has 0 fully saturated rings. The number of phenols is 2. The lowest BCUT2D eigenvalue weighted by Crippen LogP contribution is -2.53. The van der Waals surface area contributed by atoms with Gasteiger partial charge in [0.2, 0.25) is 11.8 Å². The molecule has 0 radical (unpaired) electrons. The predicted molar refractivity (Wildman–Crippen MR) is 117 cm³/mol. The maximum atomic E-state index is 13.0. The van der Waals surface area contributed by atoms with Crippen LogP contribution in [-0.4, -0.2) is 52.2 Å². The molecule has 0 bridgehead atoms. The van der Waals surface area contributed by atoms with E-state index in [2.05, 4.69) is 15.6 Å². The van der Waals surface area contributed by atoms with E-state index in [4.69, 9.17) is 4.74 Å². The summed E-state index contributed by atoms with van der Waals surface area (Å²) in [6.45, 7) is 1.30. The molecule has 3 rings (SSSR count). The topological polar surface area (TPSA) is 141 Å². The van der Waals surface area contributed by atoms with Crippen molar-refractivity contribution >= 4 is 28.7 Å². The van der Waals surface area contributed by atoms with Gasteiger partial charge in [-0.2, -0.15) is 0 Å². The number of carbonyl (C=O) groups excluding carboxylic acids is 3. The van der Waals surface area contributed by atoms with Gasteiger partial charge in [-0.05, 0) is 41.5 Å². The van der Waals surface area contributed by atoms with Gasteiger partial charge in [0.05, 0.1) is 7.11 Å². The summed E-state index contributed by atoms with van der Waals surface area (Å²) in [5.41, 5.74) is 2.21. The number of hydrogen-bond acceptors (Lipinski definition) is 6. The summed E-state index contributed by atoms with van der Waals surface area (Å²) in [7, 11) is 1.22. The Bertz CT molecular complexity index is 1120. The Kier molecular flexibility index (Phi) is 6.99. The molecular weight excluding hydrogens is 414 g/mol. The number of carbonyl (C=O) groups is 3. The van der Waals surface area contributed by atoms with Gasteiger partial charge in [-0.25, -0.2) is 4.79 Å². The molecule has 0 unspecified atom stereocenters. The van der Waals surface area contributed by atoms with Crippen LogP contribution in [0, 0.1) is 0 Å². The number of aromatic nitrogens is 1. The molecule has 2 amide bonds. The Hall–Kier alpha value is -4.01. The summed E-state index contributed by atoms with van der Waals surface area (Å²) >= 11 is 0. The molecule has 0 saturated carbocycles. The lowest BCUT2D eigenvalue weighted by Gasteiger charge is -2.22. The van der Waals surface area contributed by atoms with Crippen molar-refractivity contribution in [2.45, 2.75) is 31.8 Å². The molecule has 1 aromatic heterocycles. The fourth-order valence-corrected chi connectivity index (χ4v) is 3.49. The SMILES string of the molecule is COC(=O)[C@H](Cc1ccc(O)cc1)NC(=O)[C@H](Cc1c[nH]c2ccc(O)cc12)NC(C)=O. The minimum absolute atomic E-state index is 0.0820. The van der Waals surface area contributed by atoms with Crippen molar-refractivity contribution in [3.63, 3.8) is 0 Å². The van der Waals surface area contributed by atoms with Gasteiger partial charge < -0.3 is 30.6 Å². The minimum Gasteiger partial charge on any atom is -0.508 e. The van der Waals surface area contributed by atoms with Crippen LogP contribution in [0.4, 0.5) is 0 Å². The third kappa shape index (κ3) is 5.57. The van der Waals surface area contributed by atoms with Crippen molar-refractivity contribution in [1.29, 1.82) is 0 Å². The summed E-state index contributed by atoms with van der Waals surface area (Å²) < 4.78 is 4.82. The van der Waals surface area contributed by atoms with Gasteiger partial charge in [-0.1, -0.05) is 12.1 Å². The van der Waals surface area contributed by atoms with E-state index < -0.39 is 29.9 Å². The van der Waals surface area contributed by atoms with E-state index in [0.717, 1.165) is 16.5 Å². The van der Waals surface area contributed by atoms with E-state index in [1.807, 2.05) is 0 Å². The molecule has 168 valence electrons. The Morgan fingerprint density at radius 2 is 1.66 bits per heavy atom. The van der Waals surface area contributed by atoms with Gasteiger partial charge in [0, 0.05) is 36.9 Å². The van der Waals surface area contributed by atoms with Gasteiger partial charge in [-0.3, -0.25) is 9.59 Å².